The molecule has 0 saturated carbocycles. The number of hydrazone groups is 1. The summed E-state index contributed by atoms with van der Waals surface area (Å²) in [6, 6.07) is 17.4. The number of aryl methyl sites for hydroxylation is 1. The summed E-state index contributed by atoms with van der Waals surface area (Å²) >= 11 is 7.53. The van der Waals surface area contributed by atoms with Gasteiger partial charge in [-0.2, -0.15) is 5.10 Å². The Hall–Kier alpha value is -2.12. The zero-order valence-electron chi connectivity index (χ0n) is 15.1. The Labute approximate surface area is 179 Å². The third-order valence-corrected chi connectivity index (χ3v) is 8.10. The van der Waals surface area contributed by atoms with E-state index < -0.39 is 0 Å². The Kier molecular flexibility index (Phi) is 5.29. The monoisotopic (exact) mass is 503 g/mol. The molecule has 2 N–H and O–H groups in total. The highest BCUT2D eigenvalue weighted by molar-refractivity contribution is 9.12. The highest BCUT2D eigenvalue weighted by atomic mass is 79.9. The van der Waals surface area contributed by atoms with Crippen molar-refractivity contribution in [1.82, 2.24) is 9.99 Å². The quantitative estimate of drug-likeness (QED) is 0.523. The van der Waals surface area contributed by atoms with Crippen molar-refractivity contribution in [2.75, 3.05) is 0 Å². The first-order valence-corrected chi connectivity index (χ1v) is 10.8. The maximum Gasteiger partial charge on any atom is 0.263 e. The van der Waals surface area contributed by atoms with Crippen LogP contribution in [0.2, 0.25) is 0 Å². The Morgan fingerprint density at radius 2 is 1.82 bits per heavy atom. The number of nitrogens with one attached hydrogen (secondary N) is 1. The summed E-state index contributed by atoms with van der Waals surface area (Å²) in [5, 5.41) is 15.8. The van der Waals surface area contributed by atoms with Crippen LogP contribution in [0.3, 0.4) is 0 Å². The largest absolute Gasteiger partial charge is 0.506 e. The molecule has 28 heavy (non-hydrogen) atoms. The summed E-state index contributed by atoms with van der Waals surface area (Å²) in [7, 11) is 1.71. The molecule has 0 unspecified atom stereocenters. The van der Waals surface area contributed by atoms with Crippen LogP contribution >= 0.6 is 31.9 Å². The lowest BCUT2D eigenvalue weighted by Gasteiger charge is -2.23. The molecule has 0 fully saturated rings. The molecule has 1 aliphatic heterocycles. The molecule has 144 valence electrons. The van der Waals surface area contributed by atoms with E-state index in [1.54, 1.807) is 11.6 Å². The number of aromatic hydroxyl groups is 1. The highest BCUT2D eigenvalue weighted by Crippen LogP contribution is 2.36. The lowest BCUT2D eigenvalue weighted by Crippen LogP contribution is -2.33. The fourth-order valence-corrected chi connectivity index (χ4v) is 4.85. The van der Waals surface area contributed by atoms with Gasteiger partial charge >= 0.3 is 0 Å². The maximum atomic E-state index is 12.9. The van der Waals surface area contributed by atoms with Crippen molar-refractivity contribution < 1.29 is 5.11 Å². The second kappa shape index (κ2) is 7.72. The molecule has 2 aromatic carbocycles. The lowest BCUT2D eigenvalue weighted by atomic mass is 9.98. The zero-order valence-corrected chi connectivity index (χ0v) is 18.3. The number of halogens is 2. The normalized spacial score (nSPS) is 18.5. The molecule has 2 heterocycles. The minimum atomic E-state index is -0.248. The molecular formula is C21H19Br2N3O2. The summed E-state index contributed by atoms with van der Waals surface area (Å²) in [5.74, 6) is -0.00975. The second-order valence-corrected chi connectivity index (χ2v) is 8.90. The van der Waals surface area contributed by atoms with Gasteiger partial charge in [-0.1, -0.05) is 74.3 Å². The average molecular weight is 505 g/mol. The number of alkyl halides is 2. The Balaban J connectivity index is 1.64. The van der Waals surface area contributed by atoms with E-state index in [9.17, 15) is 9.90 Å². The van der Waals surface area contributed by atoms with Crippen molar-refractivity contribution in [3.8, 4) is 5.75 Å². The van der Waals surface area contributed by atoms with Crippen molar-refractivity contribution in [3.63, 3.8) is 0 Å². The van der Waals surface area contributed by atoms with Gasteiger partial charge in [-0.15, -0.1) is 0 Å². The van der Waals surface area contributed by atoms with Gasteiger partial charge in [0.1, 0.15) is 11.3 Å². The highest BCUT2D eigenvalue weighted by Gasteiger charge is 2.33. The molecule has 5 nitrogen and oxygen atoms in total. The number of nitrogens with zero attached hydrogens (tertiary/aromatic N) is 2. The number of rotatable bonds is 4. The van der Waals surface area contributed by atoms with Crippen LogP contribution in [0.1, 0.15) is 22.4 Å². The zero-order chi connectivity index (χ0) is 19.8. The van der Waals surface area contributed by atoms with Gasteiger partial charge in [-0.05, 0) is 17.7 Å². The van der Waals surface area contributed by atoms with Gasteiger partial charge in [-0.25, -0.2) is 0 Å². The standard InChI is InChI=1S/C21H19Br2N3O2/c1-26-16-10-6-5-9-13(16)20(27)17(21(26)28)14-11-15(25-24-14)19(23)18(22)12-7-3-2-4-8-12/h2-10,15,18-19,25,27H,11H2,1H3/t15-,18+,19+/m0/s1. The summed E-state index contributed by atoms with van der Waals surface area (Å²) < 4.78 is 1.56. The summed E-state index contributed by atoms with van der Waals surface area (Å²) in [6.07, 6.45) is 0.534. The molecule has 0 bridgehead atoms. The van der Waals surface area contributed by atoms with Crippen molar-refractivity contribution in [2.24, 2.45) is 12.1 Å². The predicted octanol–water partition coefficient (Wildman–Crippen LogP) is 4.21. The molecule has 1 aliphatic rings. The number of fused-ring (bicyclic) bond motifs is 1. The van der Waals surface area contributed by atoms with Crippen LogP contribution in [-0.2, 0) is 7.05 Å². The second-order valence-electron chi connectivity index (χ2n) is 6.86. The van der Waals surface area contributed by atoms with E-state index in [4.69, 9.17) is 0 Å². The third kappa shape index (κ3) is 3.26. The maximum absolute atomic E-state index is 12.9. The van der Waals surface area contributed by atoms with Crippen molar-refractivity contribution in [3.05, 3.63) is 76.1 Å². The van der Waals surface area contributed by atoms with Crippen LogP contribution in [0.5, 0.6) is 5.75 Å². The van der Waals surface area contributed by atoms with Crippen LogP contribution < -0.4 is 11.0 Å². The number of para-hydroxylation sites is 1. The van der Waals surface area contributed by atoms with Gasteiger partial charge < -0.3 is 15.1 Å². The molecule has 3 atom stereocenters. The van der Waals surface area contributed by atoms with Gasteiger partial charge in [0.15, 0.2) is 0 Å². The van der Waals surface area contributed by atoms with E-state index in [0.717, 1.165) is 5.56 Å². The molecule has 7 heteroatoms. The molecule has 0 aliphatic carbocycles. The van der Waals surface area contributed by atoms with Gasteiger partial charge in [-0.3, -0.25) is 4.79 Å². The molecule has 3 aromatic rings. The van der Waals surface area contributed by atoms with Gasteiger partial charge in [0.2, 0.25) is 0 Å². The van der Waals surface area contributed by atoms with Crippen LogP contribution in [0.25, 0.3) is 10.9 Å². The Bertz CT molecular complexity index is 1110. The molecular weight excluding hydrogens is 486 g/mol. The van der Waals surface area contributed by atoms with E-state index in [1.165, 1.54) is 0 Å². The Morgan fingerprint density at radius 3 is 2.57 bits per heavy atom. The van der Waals surface area contributed by atoms with Crippen molar-refractivity contribution in [1.29, 1.82) is 0 Å². The van der Waals surface area contributed by atoms with E-state index >= 15 is 0 Å². The van der Waals surface area contributed by atoms with Crippen LogP contribution in [0.4, 0.5) is 0 Å². The Morgan fingerprint density at radius 1 is 1.14 bits per heavy atom. The third-order valence-electron chi connectivity index (χ3n) is 5.12. The van der Waals surface area contributed by atoms with Gasteiger partial charge in [0.25, 0.3) is 5.56 Å². The van der Waals surface area contributed by atoms with Crippen LogP contribution in [-0.4, -0.2) is 26.3 Å². The minimum absolute atomic E-state index is 0.00975. The fourth-order valence-electron chi connectivity index (χ4n) is 3.57. The first-order valence-electron chi connectivity index (χ1n) is 8.95. The first-order chi connectivity index (χ1) is 13.5. The molecule has 0 spiro atoms. The summed E-state index contributed by atoms with van der Waals surface area (Å²) in [5.41, 5.74) is 5.57. The first kappa shape index (κ1) is 19.2. The number of benzene rings is 2. The van der Waals surface area contributed by atoms with E-state index in [0.29, 0.717) is 23.0 Å². The SMILES string of the molecule is Cn1c(=O)c(C2=NN[C@H]([C@@H](Br)[C@H](Br)c3ccccc3)C2)c(O)c2ccccc21. The number of hydrogen-bond donors (Lipinski definition) is 2. The summed E-state index contributed by atoms with van der Waals surface area (Å²) in [6.45, 7) is 0. The van der Waals surface area contributed by atoms with Crippen molar-refractivity contribution in [2.45, 2.75) is 22.1 Å². The lowest BCUT2D eigenvalue weighted by molar-refractivity contribution is 0.478. The van der Waals surface area contributed by atoms with E-state index in [2.05, 4.69) is 54.5 Å². The van der Waals surface area contributed by atoms with Gasteiger partial charge in [0, 0.05) is 18.9 Å². The van der Waals surface area contributed by atoms with Gasteiger partial charge in [0.05, 0.1) is 26.9 Å². The topological polar surface area (TPSA) is 66.6 Å². The fraction of sp³-hybridized carbons (Fsp3) is 0.238. The average Bonchev–Trinajstić information content (AvgIpc) is 3.21. The van der Waals surface area contributed by atoms with Crippen LogP contribution in [0.15, 0.2) is 64.5 Å². The molecule has 0 radical (unpaired) electrons. The summed E-state index contributed by atoms with van der Waals surface area (Å²) in [4.78, 5) is 13.0. The number of aromatic nitrogens is 1. The predicted molar refractivity (Wildman–Crippen MR) is 120 cm³/mol. The minimum Gasteiger partial charge on any atom is -0.506 e. The van der Waals surface area contributed by atoms with Crippen molar-refractivity contribution >= 4 is 48.5 Å². The van der Waals surface area contributed by atoms with Crippen LogP contribution in [0, 0.1) is 0 Å². The number of pyridine rings is 1. The molecule has 1 aromatic heterocycles. The van der Waals surface area contributed by atoms with E-state index in [1.807, 2.05) is 42.5 Å². The molecule has 4 rings (SSSR count). The molecule has 0 saturated heterocycles. The van der Waals surface area contributed by atoms with E-state index in [-0.39, 0.29) is 32.6 Å². The smallest absolute Gasteiger partial charge is 0.263 e. The molecule has 0 amide bonds. The number of hydrogen-bond acceptors (Lipinski definition) is 4.